The second-order valence-electron chi connectivity index (χ2n) is 6.82. The van der Waals surface area contributed by atoms with Crippen molar-refractivity contribution in [3.8, 4) is 0 Å². The molecule has 1 aliphatic heterocycles. The van der Waals surface area contributed by atoms with Crippen LogP contribution in [0.3, 0.4) is 0 Å². The van der Waals surface area contributed by atoms with Crippen molar-refractivity contribution in [3.05, 3.63) is 70.7 Å². The van der Waals surface area contributed by atoms with Gasteiger partial charge in [-0.3, -0.25) is 0 Å². The third-order valence-corrected chi connectivity index (χ3v) is 5.49. The van der Waals surface area contributed by atoms with E-state index in [1.165, 1.54) is 24.9 Å². The Bertz CT molecular complexity index is 643. The van der Waals surface area contributed by atoms with Gasteiger partial charge in [-0.2, -0.15) is 0 Å². The summed E-state index contributed by atoms with van der Waals surface area (Å²) >= 11 is 6.07. The van der Waals surface area contributed by atoms with E-state index in [4.69, 9.17) is 16.3 Å². The summed E-state index contributed by atoms with van der Waals surface area (Å²) in [5.74, 6) is 0. The Kier molecular flexibility index (Phi) is 5.60. The molecule has 3 heteroatoms. The number of ether oxygens (including phenoxy) is 1. The van der Waals surface area contributed by atoms with E-state index in [1.54, 1.807) is 0 Å². The van der Waals surface area contributed by atoms with Gasteiger partial charge in [0.15, 0.2) is 0 Å². The number of halogens is 1. The van der Waals surface area contributed by atoms with Gasteiger partial charge >= 0.3 is 0 Å². The van der Waals surface area contributed by atoms with E-state index in [2.05, 4.69) is 55.3 Å². The molecule has 0 unspecified atom stereocenters. The van der Waals surface area contributed by atoms with Crippen LogP contribution in [0.2, 0.25) is 5.02 Å². The average Bonchev–Trinajstić information content (AvgIpc) is 3.01. The van der Waals surface area contributed by atoms with Gasteiger partial charge < -0.3 is 9.64 Å². The van der Waals surface area contributed by atoms with Crippen molar-refractivity contribution < 1.29 is 4.74 Å². The van der Waals surface area contributed by atoms with Crippen molar-refractivity contribution in [2.75, 3.05) is 20.2 Å². The molecule has 2 aromatic rings. The van der Waals surface area contributed by atoms with Crippen molar-refractivity contribution in [2.24, 2.45) is 0 Å². The van der Waals surface area contributed by atoms with Gasteiger partial charge in [0.25, 0.3) is 0 Å². The Morgan fingerprint density at radius 1 is 1.08 bits per heavy atom. The third kappa shape index (κ3) is 3.83. The first-order chi connectivity index (χ1) is 11.6. The van der Waals surface area contributed by atoms with Crippen LogP contribution in [0, 0.1) is 0 Å². The fourth-order valence-electron chi connectivity index (χ4n) is 3.60. The number of likely N-dealkylation sites (tertiary alicyclic amines) is 1. The van der Waals surface area contributed by atoms with Gasteiger partial charge in [-0.1, -0.05) is 54.1 Å². The van der Waals surface area contributed by atoms with Crippen LogP contribution in [0.25, 0.3) is 0 Å². The molecule has 1 fully saturated rings. The lowest BCUT2D eigenvalue weighted by atomic mass is 9.88. The molecule has 1 heterocycles. The van der Waals surface area contributed by atoms with Crippen LogP contribution in [0.1, 0.15) is 37.3 Å². The minimum Gasteiger partial charge on any atom is -0.366 e. The highest BCUT2D eigenvalue weighted by Gasteiger charge is 2.30. The lowest BCUT2D eigenvalue weighted by Crippen LogP contribution is -2.31. The molecule has 1 aliphatic rings. The molecular formula is C21H26ClNO. The fraction of sp³-hybridized carbons (Fsp3) is 0.429. The van der Waals surface area contributed by atoms with Crippen molar-refractivity contribution >= 4 is 11.6 Å². The van der Waals surface area contributed by atoms with Gasteiger partial charge in [-0.05, 0) is 63.0 Å². The molecule has 0 aliphatic carbocycles. The summed E-state index contributed by atoms with van der Waals surface area (Å²) in [4.78, 5) is 2.45. The van der Waals surface area contributed by atoms with E-state index in [0.29, 0.717) is 6.04 Å². The van der Waals surface area contributed by atoms with Gasteiger partial charge in [-0.25, -0.2) is 0 Å². The van der Waals surface area contributed by atoms with Gasteiger partial charge in [0.2, 0.25) is 0 Å². The first-order valence-corrected chi connectivity index (χ1v) is 9.13. The number of hydrogen-bond acceptors (Lipinski definition) is 2. The normalized spacial score (nSPS) is 20.9. The van der Waals surface area contributed by atoms with E-state index >= 15 is 0 Å². The van der Waals surface area contributed by atoms with E-state index < -0.39 is 5.60 Å². The van der Waals surface area contributed by atoms with Gasteiger partial charge in [0, 0.05) is 17.7 Å². The van der Waals surface area contributed by atoms with Crippen LogP contribution < -0.4 is 0 Å². The van der Waals surface area contributed by atoms with E-state index in [-0.39, 0.29) is 0 Å². The molecule has 0 radical (unpaired) electrons. The van der Waals surface area contributed by atoms with Crippen molar-refractivity contribution in [1.82, 2.24) is 4.90 Å². The maximum absolute atomic E-state index is 6.48. The Morgan fingerprint density at radius 2 is 1.75 bits per heavy atom. The van der Waals surface area contributed by atoms with Crippen molar-refractivity contribution in [1.29, 1.82) is 0 Å². The molecule has 24 heavy (non-hydrogen) atoms. The predicted octanol–water partition coefficient (Wildman–Crippen LogP) is 5.10. The molecule has 2 aromatic carbocycles. The summed E-state index contributed by atoms with van der Waals surface area (Å²) < 4.78 is 6.48. The van der Waals surface area contributed by atoms with E-state index in [1.807, 2.05) is 18.2 Å². The van der Waals surface area contributed by atoms with Crippen LogP contribution in [-0.2, 0) is 10.3 Å². The second-order valence-corrected chi connectivity index (χ2v) is 7.26. The van der Waals surface area contributed by atoms with Crippen LogP contribution in [0.4, 0.5) is 0 Å². The summed E-state index contributed by atoms with van der Waals surface area (Å²) in [6.45, 7) is 4.12. The quantitative estimate of drug-likeness (QED) is 0.723. The molecule has 0 saturated carbocycles. The molecule has 1 saturated heterocycles. The Morgan fingerprint density at radius 3 is 2.38 bits per heavy atom. The Labute approximate surface area is 150 Å². The molecule has 2 atom stereocenters. The summed E-state index contributed by atoms with van der Waals surface area (Å²) in [5, 5.41) is 0.752. The number of nitrogens with zero attached hydrogens (tertiary/aromatic N) is 1. The van der Waals surface area contributed by atoms with Crippen LogP contribution in [0.5, 0.6) is 0 Å². The molecule has 2 nitrogen and oxygen atoms in total. The van der Waals surface area contributed by atoms with Crippen molar-refractivity contribution in [2.45, 2.75) is 37.8 Å². The fourth-order valence-corrected chi connectivity index (χ4v) is 3.73. The SMILES string of the molecule is CN1CCC[C@H]1CCO[C@@](C)(c1ccccc1)c1ccc(Cl)cc1. The lowest BCUT2D eigenvalue weighted by Gasteiger charge is -2.32. The summed E-state index contributed by atoms with van der Waals surface area (Å²) in [7, 11) is 2.22. The molecule has 0 aromatic heterocycles. The van der Waals surface area contributed by atoms with Gasteiger partial charge in [-0.15, -0.1) is 0 Å². The number of benzene rings is 2. The largest absolute Gasteiger partial charge is 0.366 e. The zero-order valence-electron chi connectivity index (χ0n) is 14.5. The maximum atomic E-state index is 6.48. The molecule has 0 spiro atoms. The lowest BCUT2D eigenvalue weighted by molar-refractivity contribution is -0.0117. The first-order valence-electron chi connectivity index (χ1n) is 8.75. The zero-order chi connectivity index (χ0) is 17.0. The molecule has 0 N–H and O–H groups in total. The summed E-state index contributed by atoms with van der Waals surface area (Å²) in [6.07, 6.45) is 3.66. The summed E-state index contributed by atoms with van der Waals surface area (Å²) in [5.41, 5.74) is 1.85. The minimum atomic E-state index is -0.455. The van der Waals surface area contributed by atoms with Crippen molar-refractivity contribution in [3.63, 3.8) is 0 Å². The predicted molar refractivity (Wildman–Crippen MR) is 101 cm³/mol. The Balaban J connectivity index is 1.78. The third-order valence-electron chi connectivity index (χ3n) is 5.23. The highest BCUT2D eigenvalue weighted by molar-refractivity contribution is 6.30. The average molecular weight is 344 g/mol. The van der Waals surface area contributed by atoms with E-state index in [0.717, 1.165) is 23.6 Å². The van der Waals surface area contributed by atoms with E-state index in [9.17, 15) is 0 Å². The Hall–Kier alpha value is -1.35. The molecular weight excluding hydrogens is 318 g/mol. The van der Waals surface area contributed by atoms with Crippen LogP contribution in [-0.4, -0.2) is 31.1 Å². The summed E-state index contributed by atoms with van der Waals surface area (Å²) in [6, 6.07) is 19.1. The standard InChI is InChI=1S/C21H26ClNO/c1-21(17-7-4-3-5-8-17,18-10-12-19(22)13-11-18)24-16-14-20-9-6-15-23(20)2/h3-5,7-8,10-13,20H,6,9,14-16H2,1-2H3/t20-,21-/m0/s1. The number of rotatable bonds is 6. The monoisotopic (exact) mass is 343 g/mol. The highest BCUT2D eigenvalue weighted by atomic mass is 35.5. The van der Waals surface area contributed by atoms with Gasteiger partial charge in [0.1, 0.15) is 5.60 Å². The van der Waals surface area contributed by atoms with Crippen LogP contribution >= 0.6 is 11.6 Å². The van der Waals surface area contributed by atoms with Gasteiger partial charge in [0.05, 0.1) is 0 Å². The smallest absolute Gasteiger partial charge is 0.115 e. The number of hydrogen-bond donors (Lipinski definition) is 0. The molecule has 0 amide bonds. The zero-order valence-corrected chi connectivity index (χ0v) is 15.3. The van der Waals surface area contributed by atoms with Crippen LogP contribution in [0.15, 0.2) is 54.6 Å². The molecule has 0 bridgehead atoms. The topological polar surface area (TPSA) is 12.5 Å². The first kappa shape index (κ1) is 17.5. The minimum absolute atomic E-state index is 0.455. The maximum Gasteiger partial charge on any atom is 0.115 e. The highest BCUT2D eigenvalue weighted by Crippen LogP contribution is 2.34. The molecule has 128 valence electrons. The molecule has 3 rings (SSSR count). The second kappa shape index (κ2) is 7.69.